The van der Waals surface area contributed by atoms with E-state index in [0.717, 1.165) is 49.5 Å². The maximum absolute atomic E-state index is 14.2. The van der Waals surface area contributed by atoms with Gasteiger partial charge in [0.2, 0.25) is 5.91 Å². The molecule has 0 spiro atoms. The number of aromatic nitrogens is 3. The van der Waals surface area contributed by atoms with Crippen molar-refractivity contribution in [3.8, 4) is 11.3 Å². The van der Waals surface area contributed by atoms with Crippen LogP contribution in [0.25, 0.3) is 11.3 Å². The van der Waals surface area contributed by atoms with Gasteiger partial charge in [0.05, 0.1) is 17.0 Å². The molecule has 1 saturated heterocycles. The third kappa shape index (κ3) is 5.60. The second-order valence-corrected chi connectivity index (χ2v) is 11.4. The third-order valence-corrected chi connectivity index (χ3v) is 8.03. The number of amides is 2. The second kappa shape index (κ2) is 10.3. The highest BCUT2D eigenvalue weighted by Crippen LogP contribution is 2.44. The van der Waals surface area contributed by atoms with E-state index in [1.165, 1.54) is 25.0 Å². The molecule has 0 radical (unpaired) electrons. The van der Waals surface area contributed by atoms with Crippen molar-refractivity contribution in [1.82, 2.24) is 30.7 Å². The van der Waals surface area contributed by atoms with Crippen LogP contribution >= 0.6 is 0 Å². The molecule has 2 aliphatic carbocycles. The summed E-state index contributed by atoms with van der Waals surface area (Å²) < 4.78 is 32.7. The topological polar surface area (TPSA) is 113 Å². The molecule has 2 aromatic heterocycles. The zero-order chi connectivity index (χ0) is 28.0. The lowest BCUT2D eigenvalue weighted by molar-refractivity contribution is -0.128. The van der Waals surface area contributed by atoms with Crippen molar-refractivity contribution < 1.29 is 22.9 Å². The molecule has 1 aliphatic heterocycles. The molecule has 3 fully saturated rings. The van der Waals surface area contributed by atoms with Crippen molar-refractivity contribution in [3.63, 3.8) is 0 Å². The Morgan fingerprint density at radius 1 is 1.07 bits per heavy atom. The molecule has 0 bridgehead atoms. The molecule has 0 unspecified atom stereocenters. The average molecular weight is 551 g/mol. The summed E-state index contributed by atoms with van der Waals surface area (Å²) in [6, 6.07) is 5.88. The summed E-state index contributed by atoms with van der Waals surface area (Å²) in [5.74, 6) is -1.35. The highest BCUT2D eigenvalue weighted by atomic mass is 19.1. The first-order chi connectivity index (χ1) is 19.2. The summed E-state index contributed by atoms with van der Waals surface area (Å²) in [6.45, 7) is 6.08. The van der Waals surface area contributed by atoms with Crippen molar-refractivity contribution >= 4 is 11.8 Å². The number of nitrogens with zero attached hydrogens (tertiary/aromatic N) is 4. The van der Waals surface area contributed by atoms with Crippen LogP contribution in [-0.2, 0) is 10.3 Å². The molecule has 6 rings (SSSR count). The molecule has 3 aromatic rings. The summed E-state index contributed by atoms with van der Waals surface area (Å²) in [5.41, 5.74) is 1.09. The SMILES string of the molecule is Cc1cc(C)nc(C2(NC(=O)[C@H]3CN(CC4CC4)CC[C@@H]3NC(=O)c3cc(-c4ccc(F)cc4F)on3)CC2)n1. The van der Waals surface area contributed by atoms with E-state index in [1.54, 1.807) is 0 Å². The van der Waals surface area contributed by atoms with Gasteiger partial charge in [-0.1, -0.05) is 5.16 Å². The Hall–Kier alpha value is -3.73. The zero-order valence-electron chi connectivity index (χ0n) is 22.5. The highest BCUT2D eigenvalue weighted by molar-refractivity contribution is 5.94. The molecule has 40 heavy (non-hydrogen) atoms. The lowest BCUT2D eigenvalue weighted by Gasteiger charge is -2.38. The molecule has 2 amide bonds. The van der Waals surface area contributed by atoms with Crippen LogP contribution in [-0.4, -0.2) is 57.5 Å². The van der Waals surface area contributed by atoms with Crippen LogP contribution < -0.4 is 10.6 Å². The van der Waals surface area contributed by atoms with Crippen LogP contribution in [0.15, 0.2) is 34.9 Å². The number of hydrogen-bond donors (Lipinski definition) is 2. The lowest BCUT2D eigenvalue weighted by atomic mass is 9.90. The van der Waals surface area contributed by atoms with Gasteiger partial charge in [0, 0.05) is 49.2 Å². The van der Waals surface area contributed by atoms with Crippen molar-refractivity contribution in [2.75, 3.05) is 19.6 Å². The first kappa shape index (κ1) is 26.5. The van der Waals surface area contributed by atoms with Crippen LogP contribution in [0.2, 0.25) is 0 Å². The van der Waals surface area contributed by atoms with E-state index in [1.807, 2.05) is 19.9 Å². The molecule has 210 valence electrons. The van der Waals surface area contributed by atoms with E-state index in [4.69, 9.17) is 4.52 Å². The summed E-state index contributed by atoms with van der Waals surface area (Å²) in [5, 5.41) is 10.0. The maximum Gasteiger partial charge on any atom is 0.273 e. The van der Waals surface area contributed by atoms with Gasteiger partial charge >= 0.3 is 0 Å². The zero-order valence-corrected chi connectivity index (χ0v) is 22.5. The van der Waals surface area contributed by atoms with Gasteiger partial charge in [0.25, 0.3) is 5.91 Å². The first-order valence-electron chi connectivity index (χ1n) is 13.8. The standard InChI is InChI=1S/C29H32F2N6O3/c1-16-11-17(2)33-28(32-16)29(8-9-29)35-26(38)21-15-37(14-18-3-4-18)10-7-23(21)34-27(39)24-13-25(40-36-24)20-6-5-19(30)12-22(20)31/h5-6,11-13,18,21,23H,3-4,7-10,14-15H2,1-2H3,(H,34,39)(H,35,38)/t21-,23-/m0/s1. The minimum Gasteiger partial charge on any atom is -0.355 e. The number of carbonyl (C=O) groups is 2. The first-order valence-corrected chi connectivity index (χ1v) is 13.8. The fraction of sp³-hybridized carbons (Fsp3) is 0.483. The van der Waals surface area contributed by atoms with Crippen LogP contribution in [0.3, 0.4) is 0 Å². The summed E-state index contributed by atoms with van der Waals surface area (Å²) in [4.78, 5) is 38.5. The number of carbonyl (C=O) groups excluding carboxylic acids is 2. The quantitative estimate of drug-likeness (QED) is 0.440. The Balaban J connectivity index is 1.18. The lowest BCUT2D eigenvalue weighted by Crippen LogP contribution is -2.57. The summed E-state index contributed by atoms with van der Waals surface area (Å²) in [6.07, 6.45) is 4.55. The minimum atomic E-state index is -0.815. The van der Waals surface area contributed by atoms with Gasteiger partial charge < -0.3 is 20.1 Å². The van der Waals surface area contributed by atoms with Crippen LogP contribution in [0, 0.1) is 37.3 Å². The minimum absolute atomic E-state index is 0.00178. The normalized spacial score (nSPS) is 22.1. The van der Waals surface area contributed by atoms with Crippen LogP contribution in [0.4, 0.5) is 8.78 Å². The average Bonchev–Trinajstić information content (AvgIpc) is 3.83. The number of benzene rings is 1. The number of piperidine rings is 1. The molecule has 1 aromatic carbocycles. The molecule has 11 heteroatoms. The fourth-order valence-corrected chi connectivity index (χ4v) is 5.53. The number of hydrogen-bond acceptors (Lipinski definition) is 7. The van der Waals surface area contributed by atoms with E-state index < -0.39 is 35.0 Å². The van der Waals surface area contributed by atoms with Gasteiger partial charge in [-0.25, -0.2) is 18.7 Å². The number of halogens is 2. The Bertz CT molecular complexity index is 1430. The number of rotatable bonds is 8. The number of likely N-dealkylation sites (tertiary alicyclic amines) is 1. The molecular formula is C29H32F2N6O3. The Morgan fingerprint density at radius 3 is 2.50 bits per heavy atom. The van der Waals surface area contributed by atoms with E-state index >= 15 is 0 Å². The molecular weight excluding hydrogens is 518 g/mol. The molecule has 2 saturated carbocycles. The van der Waals surface area contributed by atoms with Gasteiger partial charge in [0.1, 0.15) is 11.6 Å². The Labute approximate surface area is 230 Å². The summed E-state index contributed by atoms with van der Waals surface area (Å²) in [7, 11) is 0. The predicted molar refractivity (Wildman–Crippen MR) is 141 cm³/mol. The van der Waals surface area contributed by atoms with Crippen molar-refractivity contribution in [2.24, 2.45) is 11.8 Å². The van der Waals surface area contributed by atoms with Gasteiger partial charge in [0.15, 0.2) is 17.3 Å². The molecule has 2 atom stereocenters. The van der Waals surface area contributed by atoms with Crippen LogP contribution in [0.5, 0.6) is 0 Å². The number of aryl methyl sites for hydroxylation is 2. The largest absolute Gasteiger partial charge is 0.355 e. The van der Waals surface area contributed by atoms with E-state index in [9.17, 15) is 18.4 Å². The van der Waals surface area contributed by atoms with E-state index in [-0.39, 0.29) is 22.9 Å². The molecule has 2 N–H and O–H groups in total. The molecule has 3 heterocycles. The van der Waals surface area contributed by atoms with Gasteiger partial charge in [-0.2, -0.15) is 0 Å². The Morgan fingerprint density at radius 2 is 1.82 bits per heavy atom. The Kier molecular flexibility index (Phi) is 6.85. The van der Waals surface area contributed by atoms with Crippen molar-refractivity contribution in [2.45, 2.75) is 57.5 Å². The predicted octanol–water partition coefficient (Wildman–Crippen LogP) is 3.66. The van der Waals surface area contributed by atoms with Crippen molar-refractivity contribution in [1.29, 1.82) is 0 Å². The monoisotopic (exact) mass is 550 g/mol. The molecule has 3 aliphatic rings. The summed E-state index contributed by atoms with van der Waals surface area (Å²) >= 11 is 0. The number of nitrogens with one attached hydrogen (secondary N) is 2. The van der Waals surface area contributed by atoms with Gasteiger partial charge in [-0.3, -0.25) is 9.59 Å². The van der Waals surface area contributed by atoms with Crippen LogP contribution in [0.1, 0.15) is 59.8 Å². The van der Waals surface area contributed by atoms with E-state index in [0.29, 0.717) is 24.7 Å². The maximum atomic E-state index is 14.2. The fourth-order valence-electron chi connectivity index (χ4n) is 5.53. The van der Waals surface area contributed by atoms with Gasteiger partial charge in [-0.05, 0) is 70.1 Å². The molecule has 9 nitrogen and oxygen atoms in total. The highest BCUT2D eigenvalue weighted by Gasteiger charge is 2.50. The van der Waals surface area contributed by atoms with E-state index in [2.05, 4.69) is 30.7 Å². The second-order valence-electron chi connectivity index (χ2n) is 11.4. The third-order valence-electron chi connectivity index (χ3n) is 8.03. The van der Waals surface area contributed by atoms with Gasteiger partial charge in [-0.15, -0.1) is 0 Å². The van der Waals surface area contributed by atoms with Crippen molar-refractivity contribution in [3.05, 3.63) is 64.9 Å². The smallest absolute Gasteiger partial charge is 0.273 e.